The quantitative estimate of drug-likeness (QED) is 0.207. The van der Waals surface area contributed by atoms with Crippen molar-refractivity contribution in [1.82, 2.24) is 9.78 Å². The second-order valence-electron chi connectivity index (χ2n) is 8.28. The maximum Gasteiger partial charge on any atom is 0.274 e. The number of nitrogen functional groups attached to an aromatic ring is 1. The average Bonchev–Trinajstić information content (AvgIpc) is 3.26. The summed E-state index contributed by atoms with van der Waals surface area (Å²) in [4.78, 5) is 13.2. The number of carbonyl (C=O) groups excluding carboxylic acids is 1. The minimum Gasteiger partial charge on any atom is -0.384 e. The van der Waals surface area contributed by atoms with E-state index in [1.165, 1.54) is 0 Å². The van der Waals surface area contributed by atoms with Crippen LogP contribution in [-0.2, 0) is 0 Å². The van der Waals surface area contributed by atoms with Crippen molar-refractivity contribution in [2.75, 3.05) is 5.32 Å². The Balaban J connectivity index is 1.40. The van der Waals surface area contributed by atoms with Gasteiger partial charge in [-0.05, 0) is 77.4 Å². The maximum absolute atomic E-state index is 13.2. The van der Waals surface area contributed by atoms with Gasteiger partial charge in [0.2, 0.25) is 0 Å². The van der Waals surface area contributed by atoms with E-state index >= 15 is 0 Å². The summed E-state index contributed by atoms with van der Waals surface area (Å²) >= 11 is 6.10. The van der Waals surface area contributed by atoms with Crippen molar-refractivity contribution in [2.45, 2.75) is 6.92 Å². The Labute approximate surface area is 207 Å². The van der Waals surface area contributed by atoms with Crippen LogP contribution in [0.15, 0.2) is 91.0 Å². The molecule has 5 rings (SSSR count). The van der Waals surface area contributed by atoms with Crippen molar-refractivity contribution in [3.05, 3.63) is 113 Å². The summed E-state index contributed by atoms with van der Waals surface area (Å²) in [5, 5.41) is 17.9. The molecule has 0 bridgehead atoms. The van der Waals surface area contributed by atoms with E-state index in [0.717, 1.165) is 33.3 Å². The molecule has 1 heterocycles. The van der Waals surface area contributed by atoms with E-state index in [1.54, 1.807) is 16.8 Å². The fraction of sp³-hybridized carbons (Fsp3) is 0.0357. The number of nitrogens with one attached hydrogen (secondary N) is 2. The number of amidine groups is 1. The van der Waals surface area contributed by atoms with Gasteiger partial charge in [0, 0.05) is 16.3 Å². The molecule has 5 aromatic rings. The van der Waals surface area contributed by atoms with Crippen LogP contribution in [-0.4, -0.2) is 21.5 Å². The van der Waals surface area contributed by atoms with Gasteiger partial charge in [0.05, 0.1) is 11.4 Å². The number of fused-ring (bicyclic) bond motifs is 1. The van der Waals surface area contributed by atoms with Gasteiger partial charge in [-0.3, -0.25) is 10.2 Å². The molecule has 6 nitrogen and oxygen atoms in total. The van der Waals surface area contributed by atoms with Crippen molar-refractivity contribution >= 4 is 39.8 Å². The molecule has 0 spiro atoms. The molecule has 4 aromatic carbocycles. The topological polar surface area (TPSA) is 96.8 Å². The van der Waals surface area contributed by atoms with Crippen molar-refractivity contribution < 1.29 is 4.79 Å². The van der Waals surface area contributed by atoms with Crippen molar-refractivity contribution in [3.63, 3.8) is 0 Å². The zero-order valence-corrected chi connectivity index (χ0v) is 19.7. The Morgan fingerprint density at radius 3 is 2.43 bits per heavy atom. The highest BCUT2D eigenvalue weighted by Crippen LogP contribution is 2.25. The van der Waals surface area contributed by atoms with Crippen molar-refractivity contribution in [1.29, 1.82) is 5.41 Å². The van der Waals surface area contributed by atoms with E-state index in [9.17, 15) is 4.79 Å². The molecule has 0 aliphatic rings. The minimum atomic E-state index is -0.256. The third-order valence-corrected chi connectivity index (χ3v) is 5.98. The van der Waals surface area contributed by atoms with Gasteiger partial charge in [0.15, 0.2) is 0 Å². The van der Waals surface area contributed by atoms with E-state index in [4.69, 9.17) is 22.7 Å². The molecule has 0 radical (unpaired) electrons. The SMILES string of the molecule is Cc1cc(C(=O)Nc2ccc(-c3cccc(C(=N)N)c3)cc2)n(-c2ccc3cc(Cl)ccc3c2)n1. The lowest BCUT2D eigenvalue weighted by Crippen LogP contribution is -2.17. The van der Waals surface area contributed by atoms with Crippen LogP contribution >= 0.6 is 11.6 Å². The van der Waals surface area contributed by atoms with Crippen LogP contribution in [0.2, 0.25) is 5.02 Å². The maximum atomic E-state index is 13.2. The number of rotatable bonds is 5. The number of nitrogens with two attached hydrogens (primary N) is 1. The molecule has 7 heteroatoms. The van der Waals surface area contributed by atoms with Crippen LogP contribution in [0.3, 0.4) is 0 Å². The van der Waals surface area contributed by atoms with Gasteiger partial charge >= 0.3 is 0 Å². The Bertz CT molecular complexity index is 1590. The first kappa shape index (κ1) is 22.4. The molecule has 0 saturated carbocycles. The van der Waals surface area contributed by atoms with Crippen LogP contribution in [0.5, 0.6) is 0 Å². The van der Waals surface area contributed by atoms with Gasteiger partial charge < -0.3 is 11.1 Å². The van der Waals surface area contributed by atoms with Gasteiger partial charge in [-0.25, -0.2) is 4.68 Å². The molecule has 0 fully saturated rings. The number of aryl methyl sites for hydroxylation is 1. The number of aromatic nitrogens is 2. The average molecular weight is 480 g/mol. The minimum absolute atomic E-state index is 0.0258. The lowest BCUT2D eigenvalue weighted by molar-refractivity contribution is 0.101. The molecule has 1 aromatic heterocycles. The smallest absolute Gasteiger partial charge is 0.274 e. The third kappa shape index (κ3) is 4.65. The normalized spacial score (nSPS) is 10.9. The number of nitrogens with zero attached hydrogens (tertiary/aromatic N) is 2. The summed E-state index contributed by atoms with van der Waals surface area (Å²) in [7, 11) is 0. The monoisotopic (exact) mass is 479 g/mol. The lowest BCUT2D eigenvalue weighted by Gasteiger charge is -2.10. The second-order valence-corrected chi connectivity index (χ2v) is 8.72. The number of anilines is 1. The first-order chi connectivity index (χ1) is 16.9. The molecule has 0 saturated heterocycles. The van der Waals surface area contributed by atoms with Crippen LogP contribution < -0.4 is 11.1 Å². The van der Waals surface area contributed by atoms with Gasteiger partial charge in [-0.2, -0.15) is 5.10 Å². The number of hydrogen-bond donors (Lipinski definition) is 3. The molecule has 0 aliphatic heterocycles. The first-order valence-corrected chi connectivity index (χ1v) is 11.4. The number of halogens is 1. The number of amides is 1. The standard InChI is InChI=1S/C28H22ClN5O/c1-17-13-26(34(33-17)25-12-8-20-15-23(29)9-5-21(20)16-25)28(35)32-24-10-6-18(7-11-24)19-3-2-4-22(14-19)27(30)31/h2-16H,1H3,(H3,30,31)(H,32,35). The van der Waals surface area contributed by atoms with Crippen LogP contribution in [0, 0.1) is 12.3 Å². The molecule has 0 unspecified atom stereocenters. The van der Waals surface area contributed by atoms with Crippen molar-refractivity contribution in [2.24, 2.45) is 5.73 Å². The molecule has 0 atom stereocenters. The Kier molecular flexibility index (Phi) is 5.81. The molecule has 35 heavy (non-hydrogen) atoms. The molecular weight excluding hydrogens is 458 g/mol. The van der Waals surface area contributed by atoms with E-state index in [0.29, 0.717) is 22.0 Å². The highest BCUT2D eigenvalue weighted by atomic mass is 35.5. The molecule has 0 aliphatic carbocycles. The van der Waals surface area contributed by atoms with Gasteiger partial charge in [0.25, 0.3) is 5.91 Å². The van der Waals surface area contributed by atoms with E-state index in [-0.39, 0.29) is 11.7 Å². The van der Waals surface area contributed by atoms with E-state index in [2.05, 4.69) is 10.4 Å². The number of benzene rings is 4. The largest absolute Gasteiger partial charge is 0.384 e. The summed E-state index contributed by atoms with van der Waals surface area (Å²) in [5.74, 6) is -0.231. The summed E-state index contributed by atoms with van der Waals surface area (Å²) in [6.45, 7) is 1.86. The van der Waals surface area contributed by atoms with Crippen LogP contribution in [0.1, 0.15) is 21.7 Å². The van der Waals surface area contributed by atoms with Gasteiger partial charge in [0.1, 0.15) is 11.5 Å². The molecule has 172 valence electrons. The highest BCUT2D eigenvalue weighted by molar-refractivity contribution is 6.31. The summed E-state index contributed by atoms with van der Waals surface area (Å²) in [5.41, 5.74) is 10.8. The molecule has 4 N–H and O–H groups in total. The Hall–Kier alpha value is -4.42. The zero-order chi connectivity index (χ0) is 24.5. The number of carbonyl (C=O) groups is 1. The fourth-order valence-corrected chi connectivity index (χ4v) is 4.18. The number of hydrogen-bond acceptors (Lipinski definition) is 3. The Morgan fingerprint density at radius 1 is 0.914 bits per heavy atom. The molecular formula is C28H22ClN5O. The summed E-state index contributed by atoms with van der Waals surface area (Å²) in [6, 6.07) is 28.4. The first-order valence-electron chi connectivity index (χ1n) is 11.0. The van der Waals surface area contributed by atoms with Gasteiger partial charge in [-0.1, -0.05) is 54.1 Å². The lowest BCUT2D eigenvalue weighted by atomic mass is 10.0. The van der Waals surface area contributed by atoms with E-state index in [1.807, 2.05) is 85.8 Å². The molecule has 1 amide bonds. The Morgan fingerprint density at radius 2 is 1.66 bits per heavy atom. The van der Waals surface area contributed by atoms with Crippen LogP contribution in [0.25, 0.3) is 27.6 Å². The summed E-state index contributed by atoms with van der Waals surface area (Å²) in [6.07, 6.45) is 0. The van der Waals surface area contributed by atoms with Crippen molar-refractivity contribution in [3.8, 4) is 16.8 Å². The second kappa shape index (κ2) is 9.08. The zero-order valence-electron chi connectivity index (χ0n) is 18.9. The van der Waals surface area contributed by atoms with Crippen LogP contribution in [0.4, 0.5) is 5.69 Å². The fourth-order valence-electron chi connectivity index (χ4n) is 4.00. The van der Waals surface area contributed by atoms with E-state index < -0.39 is 0 Å². The summed E-state index contributed by atoms with van der Waals surface area (Å²) < 4.78 is 1.65. The third-order valence-electron chi connectivity index (χ3n) is 5.74. The highest BCUT2D eigenvalue weighted by Gasteiger charge is 2.16. The predicted molar refractivity (Wildman–Crippen MR) is 142 cm³/mol. The predicted octanol–water partition coefficient (Wildman–Crippen LogP) is 6.19. The van der Waals surface area contributed by atoms with Gasteiger partial charge in [-0.15, -0.1) is 0 Å².